The second kappa shape index (κ2) is 8.44. The van der Waals surface area contributed by atoms with Gasteiger partial charge < -0.3 is 20.0 Å². The van der Waals surface area contributed by atoms with Crippen molar-refractivity contribution in [3.8, 4) is 0 Å². The summed E-state index contributed by atoms with van der Waals surface area (Å²) in [4.78, 5) is 26.7. The molecule has 1 aromatic heterocycles. The Hall–Kier alpha value is -1.53. The van der Waals surface area contributed by atoms with Crippen LogP contribution in [-0.4, -0.2) is 47.9 Å². The van der Waals surface area contributed by atoms with Gasteiger partial charge in [-0.25, -0.2) is 0 Å². The van der Waals surface area contributed by atoms with Crippen molar-refractivity contribution in [3.05, 3.63) is 24.2 Å². The highest BCUT2D eigenvalue weighted by molar-refractivity contribution is 5.91. The largest absolute Gasteiger partial charge is 0.459 e. The molecule has 0 radical (unpaired) electrons. The van der Waals surface area contributed by atoms with Gasteiger partial charge in [0.25, 0.3) is 5.91 Å². The van der Waals surface area contributed by atoms with E-state index in [0.29, 0.717) is 30.8 Å². The lowest BCUT2D eigenvalue weighted by Crippen LogP contribution is -2.51. The second-order valence-corrected chi connectivity index (χ2v) is 7.66. The van der Waals surface area contributed by atoms with E-state index in [-0.39, 0.29) is 36.3 Å². The molecule has 3 fully saturated rings. The molecular formula is C19H28ClN3O3. The fourth-order valence-electron chi connectivity index (χ4n) is 4.61. The number of rotatable bonds is 3. The van der Waals surface area contributed by atoms with E-state index < -0.39 is 0 Å². The second-order valence-electron chi connectivity index (χ2n) is 7.66. The van der Waals surface area contributed by atoms with Crippen molar-refractivity contribution >= 4 is 24.2 Å². The van der Waals surface area contributed by atoms with Crippen LogP contribution in [0.4, 0.5) is 0 Å². The molecule has 3 heterocycles. The standard InChI is InChI=1S/C19H27N3O3.ClH/c23-18(16-12-13-4-1-2-5-15(13)21-16)20-14-7-9-22(10-8-14)19(24)17-6-3-11-25-17;/h3,6,11,13-16,21H,1-2,4-5,7-10,12H2,(H,20,23);1H. The molecule has 26 heavy (non-hydrogen) atoms. The molecule has 0 spiro atoms. The lowest BCUT2D eigenvalue weighted by Gasteiger charge is -2.32. The number of nitrogens with zero attached hydrogens (tertiary/aromatic N) is 1. The van der Waals surface area contributed by atoms with Gasteiger partial charge in [0, 0.05) is 25.2 Å². The summed E-state index contributed by atoms with van der Waals surface area (Å²) in [7, 11) is 0. The number of likely N-dealkylation sites (tertiary alicyclic amines) is 1. The molecule has 4 rings (SSSR count). The van der Waals surface area contributed by atoms with E-state index in [0.717, 1.165) is 19.3 Å². The van der Waals surface area contributed by atoms with Crippen LogP contribution in [0.5, 0.6) is 0 Å². The predicted octanol–water partition coefficient (Wildman–Crippen LogP) is 2.34. The molecule has 3 unspecified atom stereocenters. The first-order chi connectivity index (χ1) is 12.2. The number of carbonyl (C=O) groups is 2. The Bertz CT molecular complexity index is 600. The zero-order valence-corrected chi connectivity index (χ0v) is 15.8. The summed E-state index contributed by atoms with van der Waals surface area (Å²) in [6.07, 6.45) is 9.16. The summed E-state index contributed by atoms with van der Waals surface area (Å²) in [6.45, 7) is 1.32. The van der Waals surface area contributed by atoms with Gasteiger partial charge >= 0.3 is 0 Å². The Morgan fingerprint density at radius 2 is 1.92 bits per heavy atom. The Labute approximate surface area is 160 Å². The highest BCUT2D eigenvalue weighted by Crippen LogP contribution is 2.33. The van der Waals surface area contributed by atoms with Crippen LogP contribution in [0, 0.1) is 5.92 Å². The van der Waals surface area contributed by atoms with E-state index in [4.69, 9.17) is 4.42 Å². The van der Waals surface area contributed by atoms with E-state index in [2.05, 4.69) is 10.6 Å². The minimum Gasteiger partial charge on any atom is -0.459 e. The van der Waals surface area contributed by atoms with Crippen LogP contribution in [0.2, 0.25) is 0 Å². The molecular weight excluding hydrogens is 354 g/mol. The first-order valence-electron chi connectivity index (χ1n) is 9.60. The van der Waals surface area contributed by atoms with Gasteiger partial charge in [0.1, 0.15) is 0 Å². The van der Waals surface area contributed by atoms with Crippen LogP contribution in [-0.2, 0) is 4.79 Å². The minimum atomic E-state index is -0.0590. The monoisotopic (exact) mass is 381 g/mol. The van der Waals surface area contributed by atoms with Gasteiger partial charge in [0.15, 0.2) is 5.76 Å². The summed E-state index contributed by atoms with van der Waals surface area (Å²) in [6, 6.07) is 4.10. The van der Waals surface area contributed by atoms with Crippen LogP contribution in [0.25, 0.3) is 0 Å². The third-order valence-corrected chi connectivity index (χ3v) is 6.04. The first kappa shape index (κ1) is 19.2. The number of amides is 2. The van der Waals surface area contributed by atoms with Gasteiger partial charge in [-0.05, 0) is 50.2 Å². The van der Waals surface area contributed by atoms with Crippen LogP contribution < -0.4 is 10.6 Å². The number of halogens is 1. The SMILES string of the molecule is Cl.O=C(NC1CCN(C(=O)c2ccco2)CC1)C1CC2CCCCC2N1. The molecule has 0 aromatic carbocycles. The molecule has 0 bridgehead atoms. The smallest absolute Gasteiger partial charge is 0.289 e. The molecule has 2 aliphatic heterocycles. The van der Waals surface area contributed by atoms with Crippen molar-refractivity contribution in [1.82, 2.24) is 15.5 Å². The van der Waals surface area contributed by atoms with Gasteiger partial charge in [-0.15, -0.1) is 12.4 Å². The third-order valence-electron chi connectivity index (χ3n) is 6.04. The highest BCUT2D eigenvalue weighted by atomic mass is 35.5. The van der Waals surface area contributed by atoms with Crippen molar-refractivity contribution in [2.24, 2.45) is 5.92 Å². The number of furan rings is 1. The molecule has 7 heteroatoms. The molecule has 1 aromatic rings. The number of fused-ring (bicyclic) bond motifs is 1. The van der Waals surface area contributed by atoms with Crippen molar-refractivity contribution < 1.29 is 14.0 Å². The zero-order valence-electron chi connectivity index (χ0n) is 15.0. The van der Waals surface area contributed by atoms with E-state index in [1.54, 1.807) is 12.1 Å². The zero-order chi connectivity index (χ0) is 17.2. The van der Waals surface area contributed by atoms with Gasteiger partial charge in [0.05, 0.1) is 12.3 Å². The fraction of sp³-hybridized carbons (Fsp3) is 0.684. The Balaban J connectivity index is 0.00000196. The van der Waals surface area contributed by atoms with Crippen LogP contribution in [0.1, 0.15) is 55.5 Å². The molecule has 1 aliphatic carbocycles. The van der Waals surface area contributed by atoms with Gasteiger partial charge in [0.2, 0.25) is 5.91 Å². The summed E-state index contributed by atoms with van der Waals surface area (Å²) in [5.74, 6) is 1.15. The highest BCUT2D eigenvalue weighted by Gasteiger charge is 2.38. The Morgan fingerprint density at radius 1 is 1.15 bits per heavy atom. The summed E-state index contributed by atoms with van der Waals surface area (Å²) < 4.78 is 5.18. The number of hydrogen-bond donors (Lipinski definition) is 2. The van der Waals surface area contributed by atoms with Crippen LogP contribution in [0.3, 0.4) is 0 Å². The topological polar surface area (TPSA) is 74.6 Å². The van der Waals surface area contributed by atoms with Crippen LogP contribution in [0.15, 0.2) is 22.8 Å². The number of hydrogen-bond acceptors (Lipinski definition) is 4. The maximum absolute atomic E-state index is 12.6. The molecule has 3 aliphatic rings. The van der Waals surface area contributed by atoms with E-state index >= 15 is 0 Å². The van der Waals surface area contributed by atoms with Gasteiger partial charge in [-0.3, -0.25) is 9.59 Å². The van der Waals surface area contributed by atoms with Crippen molar-refractivity contribution in [2.45, 2.75) is 63.1 Å². The molecule has 2 N–H and O–H groups in total. The van der Waals surface area contributed by atoms with Crippen molar-refractivity contribution in [3.63, 3.8) is 0 Å². The lowest BCUT2D eigenvalue weighted by atomic mass is 9.85. The molecule has 144 valence electrons. The van der Waals surface area contributed by atoms with E-state index in [1.807, 2.05) is 4.90 Å². The predicted molar refractivity (Wildman–Crippen MR) is 100 cm³/mol. The maximum Gasteiger partial charge on any atom is 0.289 e. The average Bonchev–Trinajstić information content (AvgIpc) is 3.31. The van der Waals surface area contributed by atoms with E-state index in [1.165, 1.54) is 31.9 Å². The summed E-state index contributed by atoms with van der Waals surface area (Å²) in [5, 5.41) is 6.74. The maximum atomic E-state index is 12.6. The van der Waals surface area contributed by atoms with E-state index in [9.17, 15) is 9.59 Å². The normalized spacial score (nSPS) is 28.9. The molecule has 6 nitrogen and oxygen atoms in total. The van der Waals surface area contributed by atoms with Gasteiger partial charge in [-0.2, -0.15) is 0 Å². The minimum absolute atomic E-state index is 0. The summed E-state index contributed by atoms with van der Waals surface area (Å²) in [5.41, 5.74) is 0. The van der Waals surface area contributed by atoms with Gasteiger partial charge in [-0.1, -0.05) is 12.8 Å². The number of piperidine rings is 1. The van der Waals surface area contributed by atoms with Crippen LogP contribution >= 0.6 is 12.4 Å². The fourth-order valence-corrected chi connectivity index (χ4v) is 4.61. The van der Waals surface area contributed by atoms with Crippen molar-refractivity contribution in [2.75, 3.05) is 13.1 Å². The third kappa shape index (κ3) is 4.07. The lowest BCUT2D eigenvalue weighted by molar-refractivity contribution is -0.123. The quantitative estimate of drug-likeness (QED) is 0.842. The molecule has 2 saturated heterocycles. The molecule has 2 amide bonds. The average molecular weight is 382 g/mol. The number of carbonyl (C=O) groups excluding carboxylic acids is 2. The molecule has 1 saturated carbocycles. The summed E-state index contributed by atoms with van der Waals surface area (Å²) >= 11 is 0. The Kier molecular flexibility index (Phi) is 6.24. The van der Waals surface area contributed by atoms with Crippen molar-refractivity contribution in [1.29, 1.82) is 0 Å². The number of nitrogens with one attached hydrogen (secondary N) is 2. The Morgan fingerprint density at radius 3 is 2.62 bits per heavy atom. The first-order valence-corrected chi connectivity index (χ1v) is 9.60. The molecule has 3 atom stereocenters.